The predicted octanol–water partition coefficient (Wildman–Crippen LogP) is 4.04. The van der Waals surface area contributed by atoms with Gasteiger partial charge in [-0.2, -0.15) is 0 Å². The number of esters is 1. The number of carbonyl (C=O) groups is 2. The highest BCUT2D eigenvalue weighted by Gasteiger charge is 2.22. The summed E-state index contributed by atoms with van der Waals surface area (Å²) in [5.74, 6) is -1.39. The summed E-state index contributed by atoms with van der Waals surface area (Å²) < 4.78 is 25.0. The van der Waals surface area contributed by atoms with E-state index in [-0.39, 0.29) is 24.0 Å². The molecule has 0 unspecified atom stereocenters. The molecule has 0 aliphatic rings. The maximum absolute atomic E-state index is 14.1. The minimum absolute atomic E-state index is 0.0923. The van der Waals surface area contributed by atoms with Crippen LogP contribution in [-0.2, 0) is 20.9 Å². The second-order valence-corrected chi connectivity index (χ2v) is 6.99. The molecule has 0 saturated heterocycles. The van der Waals surface area contributed by atoms with Crippen molar-refractivity contribution in [3.63, 3.8) is 0 Å². The van der Waals surface area contributed by atoms with E-state index in [0.29, 0.717) is 22.2 Å². The van der Waals surface area contributed by atoms with Crippen LogP contribution in [0.2, 0.25) is 0 Å². The molecule has 2 aromatic rings. The first-order valence-corrected chi connectivity index (χ1v) is 9.52. The zero-order chi connectivity index (χ0) is 18.9. The Labute approximate surface area is 156 Å². The van der Waals surface area contributed by atoms with Crippen LogP contribution in [0.25, 0.3) is 10.1 Å². The SMILES string of the molecule is CCCCCCNC(=O)COC(=O)c1sc2cccc(F)c2c1COC. The van der Waals surface area contributed by atoms with E-state index in [1.54, 1.807) is 12.1 Å². The fourth-order valence-electron chi connectivity index (χ4n) is 2.64. The number of methoxy groups -OCH3 is 1. The van der Waals surface area contributed by atoms with Crippen molar-refractivity contribution >= 4 is 33.3 Å². The number of halogens is 1. The number of ether oxygens (including phenoxy) is 2. The Morgan fingerprint density at radius 2 is 2.04 bits per heavy atom. The number of carbonyl (C=O) groups excluding carboxylic acids is 2. The van der Waals surface area contributed by atoms with Crippen LogP contribution in [0.3, 0.4) is 0 Å². The number of nitrogens with one attached hydrogen (secondary N) is 1. The summed E-state index contributed by atoms with van der Waals surface area (Å²) in [7, 11) is 1.48. The zero-order valence-electron chi connectivity index (χ0n) is 15.1. The smallest absolute Gasteiger partial charge is 0.349 e. The van der Waals surface area contributed by atoms with Gasteiger partial charge >= 0.3 is 5.97 Å². The van der Waals surface area contributed by atoms with Gasteiger partial charge in [-0.25, -0.2) is 9.18 Å². The van der Waals surface area contributed by atoms with Gasteiger partial charge in [-0.15, -0.1) is 11.3 Å². The number of fused-ring (bicyclic) bond motifs is 1. The third-order valence-electron chi connectivity index (χ3n) is 3.92. The molecule has 5 nitrogen and oxygen atoms in total. The van der Waals surface area contributed by atoms with Crippen LogP contribution in [0, 0.1) is 5.82 Å². The molecule has 1 amide bonds. The quantitative estimate of drug-likeness (QED) is 0.498. The summed E-state index contributed by atoms with van der Waals surface area (Å²) in [5.41, 5.74) is 0.454. The lowest BCUT2D eigenvalue weighted by Crippen LogP contribution is -2.29. The molecule has 0 saturated carbocycles. The largest absolute Gasteiger partial charge is 0.451 e. The summed E-state index contributed by atoms with van der Waals surface area (Å²) in [6.07, 6.45) is 4.23. The highest BCUT2D eigenvalue weighted by atomic mass is 32.1. The summed E-state index contributed by atoms with van der Waals surface area (Å²) in [5, 5.41) is 3.09. The van der Waals surface area contributed by atoms with Crippen LogP contribution in [0.15, 0.2) is 18.2 Å². The molecule has 2 rings (SSSR count). The van der Waals surface area contributed by atoms with Gasteiger partial charge in [0.05, 0.1) is 6.61 Å². The van der Waals surface area contributed by atoms with E-state index in [4.69, 9.17) is 9.47 Å². The molecule has 1 aromatic heterocycles. The third kappa shape index (κ3) is 5.25. The number of rotatable bonds is 10. The summed E-state index contributed by atoms with van der Waals surface area (Å²) >= 11 is 1.14. The summed E-state index contributed by atoms with van der Waals surface area (Å²) in [4.78, 5) is 24.4. The van der Waals surface area contributed by atoms with E-state index in [1.165, 1.54) is 13.2 Å². The fourth-order valence-corrected chi connectivity index (χ4v) is 3.76. The van der Waals surface area contributed by atoms with Crippen LogP contribution in [0.5, 0.6) is 0 Å². The fraction of sp³-hybridized carbons (Fsp3) is 0.474. The first kappa shape index (κ1) is 20.3. The first-order chi connectivity index (χ1) is 12.6. The Balaban J connectivity index is 1.98. The molecular formula is C19H24FNO4S. The van der Waals surface area contributed by atoms with Crippen molar-refractivity contribution in [1.82, 2.24) is 5.32 Å². The van der Waals surface area contributed by atoms with E-state index in [2.05, 4.69) is 12.2 Å². The van der Waals surface area contributed by atoms with Gasteiger partial charge in [0.15, 0.2) is 6.61 Å². The first-order valence-electron chi connectivity index (χ1n) is 8.71. The average Bonchev–Trinajstić information content (AvgIpc) is 3.00. The highest BCUT2D eigenvalue weighted by molar-refractivity contribution is 7.21. The standard InChI is InChI=1S/C19H24FNO4S/c1-3-4-5-6-10-21-16(22)12-25-19(23)18-13(11-24-2)17-14(20)8-7-9-15(17)26-18/h7-9H,3-6,10-12H2,1-2H3,(H,21,22). The Kier molecular flexibility index (Phi) is 8.00. The van der Waals surface area contributed by atoms with Crippen LogP contribution in [0.4, 0.5) is 4.39 Å². The lowest BCUT2D eigenvalue weighted by molar-refractivity contribution is -0.124. The van der Waals surface area contributed by atoms with Crippen LogP contribution in [0.1, 0.15) is 47.8 Å². The monoisotopic (exact) mass is 381 g/mol. The normalized spacial score (nSPS) is 10.9. The van der Waals surface area contributed by atoms with Gasteiger partial charge in [0, 0.05) is 29.3 Å². The Morgan fingerprint density at radius 1 is 1.23 bits per heavy atom. The maximum atomic E-state index is 14.1. The van der Waals surface area contributed by atoms with Gasteiger partial charge in [-0.05, 0) is 18.6 Å². The van der Waals surface area contributed by atoms with Gasteiger partial charge in [-0.3, -0.25) is 4.79 Å². The molecular weight excluding hydrogens is 357 g/mol. The minimum Gasteiger partial charge on any atom is -0.451 e. The molecule has 0 spiro atoms. The number of unbranched alkanes of at least 4 members (excludes halogenated alkanes) is 3. The number of thiophene rings is 1. The molecule has 0 aliphatic heterocycles. The van der Waals surface area contributed by atoms with Crippen molar-refractivity contribution in [3.8, 4) is 0 Å². The van der Waals surface area contributed by atoms with Crippen molar-refractivity contribution in [1.29, 1.82) is 0 Å². The van der Waals surface area contributed by atoms with Crippen molar-refractivity contribution < 1.29 is 23.5 Å². The molecule has 1 N–H and O–H groups in total. The molecule has 1 aromatic carbocycles. The third-order valence-corrected chi connectivity index (χ3v) is 5.10. The second kappa shape index (κ2) is 10.2. The highest BCUT2D eigenvalue weighted by Crippen LogP contribution is 2.34. The van der Waals surface area contributed by atoms with E-state index in [1.807, 2.05) is 0 Å². The molecule has 0 radical (unpaired) electrons. The summed E-state index contributed by atoms with van der Waals surface area (Å²) in [6.45, 7) is 2.43. The molecule has 0 fully saturated rings. The molecule has 142 valence electrons. The summed E-state index contributed by atoms with van der Waals surface area (Å²) in [6, 6.07) is 4.67. The van der Waals surface area contributed by atoms with E-state index >= 15 is 0 Å². The topological polar surface area (TPSA) is 64.6 Å². The Bertz CT molecular complexity index is 759. The minimum atomic E-state index is -0.640. The average molecular weight is 381 g/mol. The molecule has 0 atom stereocenters. The lowest BCUT2D eigenvalue weighted by Gasteiger charge is -2.07. The molecule has 0 bridgehead atoms. The Hall–Kier alpha value is -1.99. The Morgan fingerprint density at radius 3 is 2.77 bits per heavy atom. The van der Waals surface area contributed by atoms with E-state index in [9.17, 15) is 14.0 Å². The number of amides is 1. The van der Waals surface area contributed by atoms with Crippen molar-refractivity contribution in [2.75, 3.05) is 20.3 Å². The van der Waals surface area contributed by atoms with Gasteiger partial charge in [0.1, 0.15) is 10.7 Å². The van der Waals surface area contributed by atoms with Crippen LogP contribution < -0.4 is 5.32 Å². The molecule has 26 heavy (non-hydrogen) atoms. The predicted molar refractivity (Wildman–Crippen MR) is 99.9 cm³/mol. The van der Waals surface area contributed by atoms with Gasteiger partial charge in [-0.1, -0.05) is 32.3 Å². The maximum Gasteiger partial charge on any atom is 0.349 e. The second-order valence-electron chi connectivity index (χ2n) is 5.94. The van der Waals surface area contributed by atoms with Gasteiger partial charge in [0.25, 0.3) is 5.91 Å². The van der Waals surface area contributed by atoms with Crippen molar-refractivity contribution in [3.05, 3.63) is 34.5 Å². The van der Waals surface area contributed by atoms with Crippen LogP contribution >= 0.6 is 11.3 Å². The number of hydrogen-bond donors (Lipinski definition) is 1. The molecule has 0 aliphatic carbocycles. The lowest BCUT2D eigenvalue weighted by atomic mass is 10.1. The number of benzene rings is 1. The zero-order valence-corrected chi connectivity index (χ0v) is 15.9. The van der Waals surface area contributed by atoms with E-state index in [0.717, 1.165) is 37.0 Å². The van der Waals surface area contributed by atoms with Crippen LogP contribution in [-0.4, -0.2) is 32.1 Å². The number of hydrogen-bond acceptors (Lipinski definition) is 5. The van der Waals surface area contributed by atoms with Crippen molar-refractivity contribution in [2.45, 2.75) is 39.2 Å². The van der Waals surface area contributed by atoms with Crippen molar-refractivity contribution in [2.24, 2.45) is 0 Å². The van der Waals surface area contributed by atoms with E-state index < -0.39 is 11.8 Å². The molecule has 1 heterocycles. The van der Waals surface area contributed by atoms with Gasteiger partial charge in [0.2, 0.25) is 0 Å². The van der Waals surface area contributed by atoms with Gasteiger partial charge < -0.3 is 14.8 Å². The molecule has 7 heteroatoms.